The molecular weight excluding hydrogens is 456 g/mol. The first kappa shape index (κ1) is 29.0. The van der Waals surface area contributed by atoms with Crippen molar-refractivity contribution in [2.24, 2.45) is 0 Å². The van der Waals surface area contributed by atoms with Crippen LogP contribution in [0.15, 0.2) is 0 Å². The van der Waals surface area contributed by atoms with Gasteiger partial charge in [0.05, 0.1) is 0 Å². The zero-order valence-corrected chi connectivity index (χ0v) is 12.9. The minimum atomic E-state index is -6.54. The van der Waals surface area contributed by atoms with Crippen molar-refractivity contribution >= 4 is 0 Å². The molecule has 18 heteroatoms. The summed E-state index contributed by atoms with van der Waals surface area (Å²) in [4.78, 5) is 0. The van der Waals surface area contributed by atoms with E-state index in [1.54, 1.807) is 0 Å². The van der Waals surface area contributed by atoms with Gasteiger partial charge in [-0.05, 0) is 0 Å². The van der Waals surface area contributed by atoms with Gasteiger partial charge in [0.1, 0.15) is 0 Å². The predicted molar refractivity (Wildman–Crippen MR) is 55.4 cm³/mol. The summed E-state index contributed by atoms with van der Waals surface area (Å²) in [6.07, 6.45) is -12.5. The van der Waals surface area contributed by atoms with Gasteiger partial charge in [0.15, 0.2) is 0 Å². The van der Waals surface area contributed by atoms with E-state index in [4.69, 9.17) is 10.2 Å². The van der Waals surface area contributed by atoms with Gasteiger partial charge < -0.3 is 10.2 Å². The lowest BCUT2D eigenvalue weighted by atomic mass is 10.1. The molecule has 0 rings (SSSR count). The fraction of sp³-hybridized carbons (Fsp3) is 1.00. The Kier molecular flexibility index (Phi) is 7.50. The second-order valence-electron chi connectivity index (χ2n) is 5.16. The van der Waals surface area contributed by atoms with Gasteiger partial charge in [0.25, 0.3) is 0 Å². The molecule has 2 N–H and O–H groups in total. The Hall–Kier alpha value is -1.20. The molecule has 0 bridgehead atoms. The fourth-order valence-electron chi connectivity index (χ4n) is 0.929. The number of halogens is 16. The van der Waals surface area contributed by atoms with Crippen molar-refractivity contribution < 1.29 is 80.5 Å². The molecule has 0 aliphatic carbocycles. The van der Waals surface area contributed by atoms with Gasteiger partial charge >= 0.3 is 47.8 Å². The van der Waals surface area contributed by atoms with Crippen molar-refractivity contribution in [2.45, 2.75) is 61.6 Å². The Morgan fingerprint density at radius 2 is 0.500 bits per heavy atom. The van der Waals surface area contributed by atoms with E-state index in [1.165, 1.54) is 0 Å². The van der Waals surface area contributed by atoms with Crippen molar-refractivity contribution in [1.29, 1.82) is 0 Å². The van der Waals surface area contributed by atoms with E-state index in [0.29, 0.717) is 0 Å². The smallest absolute Gasteiger partial charge is 0.331 e. The normalized spacial score (nSPS) is 15.9. The van der Waals surface area contributed by atoms with E-state index >= 15 is 0 Å². The number of hydrogen-bond acceptors (Lipinski definition) is 2. The lowest BCUT2D eigenvalue weighted by Crippen LogP contribution is -2.61. The van der Waals surface area contributed by atoms with Crippen LogP contribution in [0.1, 0.15) is 13.8 Å². The Morgan fingerprint density at radius 3 is 0.536 bits per heavy atom. The predicted octanol–water partition coefficient (Wildman–Crippen LogP) is 4.99. The van der Waals surface area contributed by atoms with Gasteiger partial charge in [0.2, 0.25) is 0 Å². The average molecular weight is 464 g/mol. The van der Waals surface area contributed by atoms with Gasteiger partial charge in [-0.2, -0.15) is 70.2 Å². The minimum absolute atomic E-state index is 0.660. The van der Waals surface area contributed by atoms with Crippen LogP contribution in [0.4, 0.5) is 70.2 Å². The van der Waals surface area contributed by atoms with Crippen molar-refractivity contribution in [3.63, 3.8) is 0 Å². The highest BCUT2D eigenvalue weighted by Gasteiger charge is 2.80. The molecule has 2 nitrogen and oxygen atoms in total. The Bertz CT molecular complexity index is 422. The van der Waals surface area contributed by atoms with E-state index in [2.05, 4.69) is 0 Å². The fourth-order valence-corrected chi connectivity index (χ4v) is 0.929. The second kappa shape index (κ2) is 7.24. The summed E-state index contributed by atoms with van der Waals surface area (Å²) in [6, 6.07) is 0. The standard InChI is InChI=1S/2C5H4F8O/c2*1-2(6,7)3(8,9)4(10,11)5(12,13)14/h2*14H,1H3. The topological polar surface area (TPSA) is 40.5 Å². The Balaban J connectivity index is 0. The number of alkyl halides is 16. The van der Waals surface area contributed by atoms with Gasteiger partial charge in [-0.15, -0.1) is 0 Å². The van der Waals surface area contributed by atoms with Crippen LogP contribution in [0.2, 0.25) is 0 Å². The molecule has 0 spiro atoms. The van der Waals surface area contributed by atoms with Crippen LogP contribution < -0.4 is 0 Å². The Labute approximate surface area is 143 Å². The quantitative estimate of drug-likeness (QED) is 0.544. The zero-order chi connectivity index (χ0) is 24.0. The van der Waals surface area contributed by atoms with Crippen LogP contribution in [0.5, 0.6) is 0 Å². The largest absolute Gasteiger partial charge is 0.423 e. The second-order valence-corrected chi connectivity index (χ2v) is 5.16. The van der Waals surface area contributed by atoms with Crippen LogP contribution >= 0.6 is 0 Å². The van der Waals surface area contributed by atoms with E-state index < -0.39 is 61.6 Å². The van der Waals surface area contributed by atoms with Gasteiger partial charge in [0, 0.05) is 13.8 Å². The maximum atomic E-state index is 12.1. The van der Waals surface area contributed by atoms with E-state index in [0.717, 1.165) is 0 Å². The average Bonchev–Trinajstić information content (AvgIpc) is 2.33. The SMILES string of the molecule is CC(F)(F)C(F)(F)C(F)(F)C(O)(F)F.CC(F)(F)C(F)(F)C(F)(F)C(O)(F)F. The van der Waals surface area contributed by atoms with E-state index in [1.807, 2.05) is 0 Å². The van der Waals surface area contributed by atoms with Crippen molar-refractivity contribution in [1.82, 2.24) is 0 Å². The van der Waals surface area contributed by atoms with Crippen LogP contribution in [0.25, 0.3) is 0 Å². The van der Waals surface area contributed by atoms with E-state index in [-0.39, 0.29) is 0 Å². The third kappa shape index (κ3) is 5.04. The first-order valence-corrected chi connectivity index (χ1v) is 5.97. The first-order chi connectivity index (χ1) is 11.5. The van der Waals surface area contributed by atoms with Crippen LogP contribution in [-0.2, 0) is 0 Å². The molecule has 0 aliphatic rings. The van der Waals surface area contributed by atoms with Gasteiger partial charge in [-0.3, -0.25) is 0 Å². The van der Waals surface area contributed by atoms with Crippen LogP contribution in [0, 0.1) is 0 Å². The number of rotatable bonds is 6. The van der Waals surface area contributed by atoms with Gasteiger partial charge in [-0.1, -0.05) is 0 Å². The molecule has 28 heavy (non-hydrogen) atoms. The Morgan fingerprint density at radius 1 is 0.357 bits per heavy atom. The maximum Gasteiger partial charge on any atom is 0.423 e. The third-order valence-electron chi connectivity index (χ3n) is 2.65. The summed E-state index contributed by atoms with van der Waals surface area (Å²) in [5.74, 6) is -36.6. The molecule has 0 amide bonds. The lowest BCUT2D eigenvalue weighted by Gasteiger charge is -2.32. The van der Waals surface area contributed by atoms with Crippen molar-refractivity contribution in [2.75, 3.05) is 0 Å². The highest BCUT2D eigenvalue weighted by Crippen LogP contribution is 2.52. The summed E-state index contributed by atoms with van der Waals surface area (Å²) >= 11 is 0. The molecule has 0 aliphatic heterocycles. The number of hydrogen-bond donors (Lipinski definition) is 2. The molecule has 0 heterocycles. The molecule has 0 fully saturated rings. The monoisotopic (exact) mass is 464 g/mol. The summed E-state index contributed by atoms with van der Waals surface area (Å²) in [5, 5.41) is 14.7. The highest BCUT2D eigenvalue weighted by molar-refractivity contribution is 4.98. The molecule has 0 atom stereocenters. The van der Waals surface area contributed by atoms with Crippen molar-refractivity contribution in [3.05, 3.63) is 0 Å². The summed E-state index contributed by atoms with van der Waals surface area (Å²) < 4.78 is 190. The van der Waals surface area contributed by atoms with Crippen LogP contribution in [0.3, 0.4) is 0 Å². The summed E-state index contributed by atoms with van der Waals surface area (Å²) in [6.45, 7) is -1.32. The molecule has 0 unspecified atom stereocenters. The summed E-state index contributed by atoms with van der Waals surface area (Å²) in [7, 11) is 0. The third-order valence-corrected chi connectivity index (χ3v) is 2.65. The molecule has 0 saturated heterocycles. The minimum Gasteiger partial charge on any atom is -0.331 e. The highest BCUT2D eigenvalue weighted by atomic mass is 19.4. The summed E-state index contributed by atoms with van der Waals surface area (Å²) in [5.41, 5.74) is 0. The van der Waals surface area contributed by atoms with Crippen molar-refractivity contribution in [3.8, 4) is 0 Å². The van der Waals surface area contributed by atoms with Gasteiger partial charge in [-0.25, -0.2) is 0 Å². The molecular formula is C10H8F16O2. The molecule has 172 valence electrons. The number of aliphatic hydroxyl groups is 2. The molecule has 0 aromatic carbocycles. The maximum absolute atomic E-state index is 12.1. The van der Waals surface area contributed by atoms with E-state index in [9.17, 15) is 70.2 Å². The molecule has 0 aromatic rings. The first-order valence-electron chi connectivity index (χ1n) is 5.97. The molecule has 0 saturated carbocycles. The lowest BCUT2D eigenvalue weighted by molar-refractivity contribution is -0.414. The molecule has 0 aromatic heterocycles. The zero-order valence-electron chi connectivity index (χ0n) is 12.9. The van der Waals surface area contributed by atoms with Crippen LogP contribution in [-0.4, -0.2) is 58.0 Å². The molecule has 0 radical (unpaired) electrons.